The maximum absolute atomic E-state index is 14.0. The van der Waals surface area contributed by atoms with Gasteiger partial charge >= 0.3 is 0 Å². The molecule has 17 heavy (non-hydrogen) atoms. The Kier molecular flexibility index (Phi) is 2.40. The molecule has 2 N–H and O–H groups in total. The van der Waals surface area contributed by atoms with Crippen LogP contribution in [0, 0.1) is 12.7 Å². The number of fused-ring (bicyclic) bond motifs is 1. The van der Waals surface area contributed by atoms with Gasteiger partial charge in [-0.25, -0.2) is 9.37 Å². The van der Waals surface area contributed by atoms with Gasteiger partial charge in [-0.2, -0.15) is 0 Å². The first kappa shape index (κ1) is 10.7. The number of halogens is 1. The summed E-state index contributed by atoms with van der Waals surface area (Å²) in [5.74, 6) is 0.0234. The molecule has 1 aromatic heterocycles. The Labute approximate surface area is 103 Å². The van der Waals surface area contributed by atoms with Crippen LogP contribution in [0.2, 0.25) is 0 Å². The van der Waals surface area contributed by atoms with Gasteiger partial charge in [-0.05, 0) is 37.0 Å². The molecule has 1 unspecified atom stereocenters. The molecular formula is C13H13FN2S. The normalized spacial score (nSPS) is 18.4. The van der Waals surface area contributed by atoms with Crippen LogP contribution in [0.15, 0.2) is 18.2 Å². The highest BCUT2D eigenvalue weighted by Crippen LogP contribution is 2.42. The molecule has 0 spiro atoms. The molecule has 1 aromatic carbocycles. The van der Waals surface area contributed by atoms with Gasteiger partial charge < -0.3 is 5.73 Å². The molecule has 3 rings (SSSR count). The molecule has 2 aromatic rings. The monoisotopic (exact) mass is 248 g/mol. The molecule has 88 valence electrons. The Balaban J connectivity index is 2.06. The van der Waals surface area contributed by atoms with Crippen molar-refractivity contribution >= 4 is 16.5 Å². The Morgan fingerprint density at radius 2 is 2.29 bits per heavy atom. The summed E-state index contributed by atoms with van der Waals surface area (Å²) >= 11 is 1.49. The fourth-order valence-corrected chi connectivity index (χ4v) is 3.49. The molecule has 0 fully saturated rings. The van der Waals surface area contributed by atoms with Crippen molar-refractivity contribution in [1.82, 2.24) is 4.98 Å². The van der Waals surface area contributed by atoms with Crippen molar-refractivity contribution in [2.24, 2.45) is 0 Å². The number of anilines is 1. The highest BCUT2D eigenvalue weighted by atomic mass is 32.1. The van der Waals surface area contributed by atoms with Gasteiger partial charge in [-0.3, -0.25) is 0 Å². The molecule has 1 aliphatic carbocycles. The van der Waals surface area contributed by atoms with E-state index in [1.807, 2.05) is 19.1 Å². The predicted molar refractivity (Wildman–Crippen MR) is 67.8 cm³/mol. The van der Waals surface area contributed by atoms with Crippen LogP contribution in [-0.2, 0) is 6.42 Å². The van der Waals surface area contributed by atoms with Gasteiger partial charge in [0.25, 0.3) is 0 Å². The standard InChI is InChI=1S/C13H13FN2S/c1-7-2-3-8(10(14)6-7)9-4-5-11-12(9)17-13(15)16-11/h2-3,6,9H,4-5H2,1H3,(H2,15,16). The number of nitrogen functional groups attached to an aromatic ring is 1. The second-order valence-corrected chi connectivity index (χ2v) is 5.54. The van der Waals surface area contributed by atoms with E-state index in [1.165, 1.54) is 11.3 Å². The number of nitrogens with zero attached hydrogens (tertiary/aromatic N) is 1. The van der Waals surface area contributed by atoms with Gasteiger partial charge in [-0.1, -0.05) is 12.1 Å². The third-order valence-electron chi connectivity index (χ3n) is 3.26. The Bertz CT molecular complexity index is 577. The van der Waals surface area contributed by atoms with Crippen molar-refractivity contribution in [3.8, 4) is 0 Å². The highest BCUT2D eigenvalue weighted by molar-refractivity contribution is 7.15. The van der Waals surface area contributed by atoms with Gasteiger partial charge in [0.2, 0.25) is 0 Å². The van der Waals surface area contributed by atoms with Crippen LogP contribution in [0.1, 0.15) is 34.0 Å². The first-order chi connectivity index (χ1) is 8.15. The SMILES string of the molecule is Cc1ccc(C2CCc3nc(N)sc32)c(F)c1. The third-order valence-corrected chi connectivity index (χ3v) is 4.30. The summed E-state index contributed by atoms with van der Waals surface area (Å²) in [6, 6.07) is 5.44. The molecule has 0 radical (unpaired) electrons. The zero-order valence-electron chi connectivity index (χ0n) is 9.53. The van der Waals surface area contributed by atoms with Gasteiger partial charge in [0.1, 0.15) is 5.82 Å². The molecular weight excluding hydrogens is 235 g/mol. The van der Waals surface area contributed by atoms with Crippen molar-refractivity contribution in [3.63, 3.8) is 0 Å². The molecule has 0 amide bonds. The van der Waals surface area contributed by atoms with Crippen LogP contribution in [0.25, 0.3) is 0 Å². The van der Waals surface area contributed by atoms with E-state index >= 15 is 0 Å². The summed E-state index contributed by atoms with van der Waals surface area (Å²) in [5.41, 5.74) is 8.49. The summed E-state index contributed by atoms with van der Waals surface area (Å²) < 4.78 is 14.0. The third kappa shape index (κ3) is 1.72. The van der Waals surface area contributed by atoms with Crippen LogP contribution < -0.4 is 5.73 Å². The average Bonchev–Trinajstić information content (AvgIpc) is 2.78. The molecule has 1 atom stereocenters. The van der Waals surface area contributed by atoms with Gasteiger partial charge in [0.15, 0.2) is 5.13 Å². The molecule has 0 saturated carbocycles. The molecule has 0 bridgehead atoms. The van der Waals surface area contributed by atoms with Crippen LogP contribution in [0.3, 0.4) is 0 Å². The smallest absolute Gasteiger partial charge is 0.180 e. The van der Waals surface area contributed by atoms with Crippen LogP contribution in [-0.4, -0.2) is 4.98 Å². The molecule has 1 heterocycles. The summed E-state index contributed by atoms with van der Waals surface area (Å²) in [7, 11) is 0. The number of nitrogens with two attached hydrogens (primary N) is 1. The minimum absolute atomic E-state index is 0.116. The predicted octanol–water partition coefficient (Wildman–Crippen LogP) is 3.25. The number of benzene rings is 1. The Morgan fingerprint density at radius 1 is 1.47 bits per heavy atom. The lowest BCUT2D eigenvalue weighted by molar-refractivity contribution is 0.595. The van der Waals surface area contributed by atoms with Crippen LogP contribution in [0.4, 0.5) is 9.52 Å². The van der Waals surface area contributed by atoms with Crippen LogP contribution >= 0.6 is 11.3 Å². The largest absolute Gasteiger partial charge is 0.375 e. The first-order valence-electron chi connectivity index (χ1n) is 5.66. The Hall–Kier alpha value is -1.42. The van der Waals surface area contributed by atoms with E-state index in [1.54, 1.807) is 6.07 Å². The lowest BCUT2D eigenvalue weighted by Gasteiger charge is -2.11. The molecule has 0 aliphatic heterocycles. The van der Waals surface area contributed by atoms with E-state index in [9.17, 15) is 4.39 Å². The van der Waals surface area contributed by atoms with Gasteiger partial charge in [0.05, 0.1) is 5.69 Å². The fraction of sp³-hybridized carbons (Fsp3) is 0.308. The van der Waals surface area contributed by atoms with E-state index in [-0.39, 0.29) is 11.7 Å². The van der Waals surface area contributed by atoms with Crippen molar-refractivity contribution < 1.29 is 4.39 Å². The maximum Gasteiger partial charge on any atom is 0.180 e. The van der Waals surface area contributed by atoms with Crippen LogP contribution in [0.5, 0.6) is 0 Å². The fourth-order valence-electron chi connectivity index (χ4n) is 2.46. The summed E-state index contributed by atoms with van der Waals surface area (Å²) in [5, 5.41) is 0.590. The van der Waals surface area contributed by atoms with E-state index in [2.05, 4.69) is 4.98 Å². The zero-order valence-corrected chi connectivity index (χ0v) is 10.4. The molecule has 0 saturated heterocycles. The number of aromatic nitrogens is 1. The number of aryl methyl sites for hydroxylation is 2. The Morgan fingerprint density at radius 3 is 3.06 bits per heavy atom. The quantitative estimate of drug-likeness (QED) is 0.841. The second-order valence-electron chi connectivity index (χ2n) is 4.48. The van der Waals surface area contributed by atoms with Gasteiger partial charge in [0, 0.05) is 10.8 Å². The minimum Gasteiger partial charge on any atom is -0.375 e. The number of thiazole rings is 1. The lowest BCUT2D eigenvalue weighted by atomic mass is 9.97. The molecule has 4 heteroatoms. The highest BCUT2D eigenvalue weighted by Gasteiger charge is 2.29. The first-order valence-corrected chi connectivity index (χ1v) is 6.48. The minimum atomic E-state index is -0.116. The van der Waals surface area contributed by atoms with Crippen molar-refractivity contribution in [2.45, 2.75) is 25.7 Å². The number of hydrogen-bond donors (Lipinski definition) is 1. The lowest BCUT2D eigenvalue weighted by Crippen LogP contribution is -1.98. The number of rotatable bonds is 1. The summed E-state index contributed by atoms with van der Waals surface area (Å²) in [4.78, 5) is 5.43. The van der Waals surface area contributed by atoms with Crippen molar-refractivity contribution in [3.05, 3.63) is 45.7 Å². The van der Waals surface area contributed by atoms with E-state index in [0.29, 0.717) is 5.13 Å². The topological polar surface area (TPSA) is 38.9 Å². The second kappa shape index (κ2) is 3.81. The van der Waals surface area contributed by atoms with E-state index < -0.39 is 0 Å². The van der Waals surface area contributed by atoms with Gasteiger partial charge in [-0.15, -0.1) is 11.3 Å². The molecule has 1 aliphatic rings. The average molecular weight is 248 g/mol. The molecule has 2 nitrogen and oxygen atoms in total. The summed E-state index contributed by atoms with van der Waals surface area (Å²) in [6.45, 7) is 1.90. The van der Waals surface area contributed by atoms with Crippen molar-refractivity contribution in [1.29, 1.82) is 0 Å². The van der Waals surface area contributed by atoms with E-state index in [0.717, 1.165) is 34.5 Å². The van der Waals surface area contributed by atoms with E-state index in [4.69, 9.17) is 5.73 Å². The van der Waals surface area contributed by atoms with Crippen molar-refractivity contribution in [2.75, 3.05) is 5.73 Å². The maximum atomic E-state index is 14.0. The zero-order chi connectivity index (χ0) is 12.0. The summed E-state index contributed by atoms with van der Waals surface area (Å²) in [6.07, 6.45) is 1.84. The number of hydrogen-bond acceptors (Lipinski definition) is 3.